The van der Waals surface area contributed by atoms with Gasteiger partial charge in [-0.25, -0.2) is 9.19 Å². The molecule has 0 amide bonds. The topological polar surface area (TPSA) is 54.6 Å². The van der Waals surface area contributed by atoms with Gasteiger partial charge in [-0.3, -0.25) is 4.40 Å². The predicted octanol–water partition coefficient (Wildman–Crippen LogP) is 2.33. The lowest BCUT2D eigenvalue weighted by molar-refractivity contribution is 0.559. The maximum Gasteiger partial charge on any atom is 0.207 e. The Morgan fingerprint density at radius 2 is 2.29 bits per heavy atom. The van der Waals surface area contributed by atoms with Crippen molar-refractivity contribution in [2.75, 3.05) is 0 Å². The molecule has 0 saturated heterocycles. The van der Waals surface area contributed by atoms with Crippen LogP contribution in [0.1, 0.15) is 0 Å². The average molecular weight is 296 g/mol. The van der Waals surface area contributed by atoms with Gasteiger partial charge in [0.1, 0.15) is 5.65 Å². The highest BCUT2D eigenvalue weighted by Gasteiger charge is 2.14. The van der Waals surface area contributed by atoms with Gasteiger partial charge in [0.2, 0.25) is 11.1 Å². The molecule has 0 aliphatic carbocycles. The van der Waals surface area contributed by atoms with Crippen LogP contribution in [0.4, 0.5) is 0 Å². The minimum absolute atomic E-state index is 0.0453. The number of pyridine rings is 1. The van der Waals surface area contributed by atoms with Crippen LogP contribution in [0.25, 0.3) is 5.65 Å². The first kappa shape index (κ1) is 10.1. The quantitative estimate of drug-likeness (QED) is 0.822. The van der Waals surface area contributed by atoms with E-state index in [0.29, 0.717) is 5.65 Å². The lowest BCUT2D eigenvalue weighted by atomic mass is 10.5. The molecule has 0 aliphatic rings. The van der Waals surface area contributed by atoms with Crippen molar-refractivity contribution in [3.63, 3.8) is 0 Å². The summed E-state index contributed by atoms with van der Waals surface area (Å²) in [6.07, 6.45) is 1.64. The molecule has 0 spiro atoms. The molecule has 1 atom stereocenters. The second-order valence-electron chi connectivity index (χ2n) is 2.53. The molecule has 1 unspecified atom stereocenters. The van der Waals surface area contributed by atoms with Gasteiger partial charge in [-0.1, -0.05) is 11.6 Å². The summed E-state index contributed by atoms with van der Waals surface area (Å²) < 4.78 is 22.2. The summed E-state index contributed by atoms with van der Waals surface area (Å²) in [7, 11) is 0. The van der Waals surface area contributed by atoms with Gasteiger partial charge in [-0.2, -0.15) is 0 Å². The lowest BCUT2D eigenvalue weighted by Gasteiger charge is -1.97. The van der Waals surface area contributed by atoms with Crippen LogP contribution in [0, 0.1) is 0 Å². The average Bonchev–Trinajstić information content (AvgIpc) is 2.40. The third-order valence-corrected chi connectivity index (χ3v) is 3.23. The number of halogens is 2. The highest BCUT2D eigenvalue weighted by molar-refractivity contribution is 9.10. The SMILES string of the molecule is O=S(O)c1c(Cl)nc2ccc(Br)cn12. The third-order valence-electron chi connectivity index (χ3n) is 1.66. The van der Waals surface area contributed by atoms with Crippen molar-refractivity contribution in [1.29, 1.82) is 0 Å². The Hall–Kier alpha value is -0.430. The molecule has 2 heterocycles. The van der Waals surface area contributed by atoms with E-state index in [9.17, 15) is 4.21 Å². The van der Waals surface area contributed by atoms with Crippen LogP contribution in [0.2, 0.25) is 5.15 Å². The molecular weight excluding hydrogens is 292 g/mol. The van der Waals surface area contributed by atoms with E-state index in [1.54, 1.807) is 18.3 Å². The Morgan fingerprint density at radius 1 is 1.57 bits per heavy atom. The van der Waals surface area contributed by atoms with Crippen molar-refractivity contribution in [3.8, 4) is 0 Å². The van der Waals surface area contributed by atoms with Crippen LogP contribution < -0.4 is 0 Å². The van der Waals surface area contributed by atoms with Gasteiger partial charge >= 0.3 is 0 Å². The minimum atomic E-state index is -2.14. The van der Waals surface area contributed by atoms with Crippen molar-refractivity contribution >= 4 is 44.3 Å². The summed E-state index contributed by atoms with van der Waals surface area (Å²) in [5.41, 5.74) is 0.538. The number of fused-ring (bicyclic) bond motifs is 1. The summed E-state index contributed by atoms with van der Waals surface area (Å²) in [6, 6.07) is 3.48. The van der Waals surface area contributed by atoms with Gasteiger partial charge in [0, 0.05) is 10.7 Å². The summed E-state index contributed by atoms with van der Waals surface area (Å²) in [5, 5.41) is 0.131. The largest absolute Gasteiger partial charge is 0.301 e. The number of nitrogens with zero attached hydrogens (tertiary/aromatic N) is 2. The smallest absolute Gasteiger partial charge is 0.207 e. The monoisotopic (exact) mass is 294 g/mol. The maximum absolute atomic E-state index is 11.0. The standard InChI is InChI=1S/C7H4BrClN2O2S/c8-4-1-2-5-10-6(9)7(14(12)13)11(5)3-4/h1-3H,(H,12,13). The number of imidazole rings is 1. The molecule has 0 aromatic carbocycles. The first-order valence-electron chi connectivity index (χ1n) is 3.53. The molecule has 0 saturated carbocycles. The van der Waals surface area contributed by atoms with Crippen molar-refractivity contribution in [2.24, 2.45) is 0 Å². The van der Waals surface area contributed by atoms with E-state index in [1.807, 2.05) is 0 Å². The predicted molar refractivity (Wildman–Crippen MR) is 56.9 cm³/mol. The van der Waals surface area contributed by atoms with Gasteiger partial charge in [-0.05, 0) is 28.1 Å². The maximum atomic E-state index is 11.0. The normalized spacial score (nSPS) is 13.4. The molecule has 0 fully saturated rings. The van der Waals surface area contributed by atoms with Crippen LogP contribution in [0.5, 0.6) is 0 Å². The van der Waals surface area contributed by atoms with Crippen LogP contribution in [0.3, 0.4) is 0 Å². The van der Waals surface area contributed by atoms with Crippen LogP contribution in [-0.4, -0.2) is 18.1 Å². The van der Waals surface area contributed by atoms with Gasteiger partial charge in [0.05, 0.1) is 0 Å². The van der Waals surface area contributed by atoms with E-state index in [2.05, 4.69) is 20.9 Å². The fourth-order valence-electron chi connectivity index (χ4n) is 1.12. The molecule has 0 radical (unpaired) electrons. The van der Waals surface area contributed by atoms with E-state index in [1.165, 1.54) is 4.40 Å². The van der Waals surface area contributed by atoms with Gasteiger partial charge < -0.3 is 4.55 Å². The Kier molecular flexibility index (Phi) is 2.61. The molecule has 14 heavy (non-hydrogen) atoms. The van der Waals surface area contributed by atoms with E-state index >= 15 is 0 Å². The molecule has 2 aromatic heterocycles. The zero-order chi connectivity index (χ0) is 10.3. The molecule has 0 bridgehead atoms. The summed E-state index contributed by atoms with van der Waals surface area (Å²) in [6.45, 7) is 0. The number of hydrogen-bond acceptors (Lipinski definition) is 2. The zero-order valence-electron chi connectivity index (χ0n) is 6.65. The second kappa shape index (κ2) is 3.62. The lowest BCUT2D eigenvalue weighted by Crippen LogP contribution is -1.95. The van der Waals surface area contributed by atoms with Gasteiger partial charge in [0.25, 0.3) is 0 Å². The van der Waals surface area contributed by atoms with Crippen molar-refractivity contribution in [3.05, 3.63) is 28.0 Å². The van der Waals surface area contributed by atoms with E-state index < -0.39 is 11.1 Å². The van der Waals surface area contributed by atoms with Crippen molar-refractivity contribution in [1.82, 2.24) is 9.38 Å². The highest BCUT2D eigenvalue weighted by atomic mass is 79.9. The van der Waals surface area contributed by atoms with E-state index in [4.69, 9.17) is 16.2 Å². The molecule has 4 nitrogen and oxygen atoms in total. The highest BCUT2D eigenvalue weighted by Crippen LogP contribution is 2.22. The van der Waals surface area contributed by atoms with E-state index in [-0.39, 0.29) is 10.2 Å². The summed E-state index contributed by atoms with van der Waals surface area (Å²) >= 11 is 6.82. The second-order valence-corrected chi connectivity index (χ2v) is 4.69. The van der Waals surface area contributed by atoms with Crippen LogP contribution in [0.15, 0.2) is 27.8 Å². The third kappa shape index (κ3) is 1.58. The van der Waals surface area contributed by atoms with Gasteiger partial charge in [-0.15, -0.1) is 0 Å². The number of hydrogen-bond donors (Lipinski definition) is 1. The molecular formula is C7H4BrClN2O2S. The van der Waals surface area contributed by atoms with Crippen LogP contribution in [-0.2, 0) is 11.1 Å². The first-order chi connectivity index (χ1) is 6.59. The number of rotatable bonds is 1. The molecule has 7 heteroatoms. The summed E-state index contributed by atoms with van der Waals surface area (Å²) in [5.74, 6) is 0. The van der Waals surface area contributed by atoms with Crippen molar-refractivity contribution in [2.45, 2.75) is 5.03 Å². The molecule has 2 rings (SSSR count). The molecule has 74 valence electrons. The van der Waals surface area contributed by atoms with Crippen molar-refractivity contribution < 1.29 is 8.76 Å². The first-order valence-corrected chi connectivity index (χ1v) is 5.81. The fourth-order valence-corrected chi connectivity index (χ4v) is 2.34. The molecule has 2 aromatic rings. The van der Waals surface area contributed by atoms with E-state index in [0.717, 1.165) is 4.47 Å². The van der Waals surface area contributed by atoms with Crippen LogP contribution >= 0.6 is 27.5 Å². The Labute approximate surface area is 95.3 Å². The fraction of sp³-hybridized carbons (Fsp3) is 0. The molecule has 0 aliphatic heterocycles. The Morgan fingerprint density at radius 3 is 2.93 bits per heavy atom. The zero-order valence-corrected chi connectivity index (χ0v) is 9.80. The van der Waals surface area contributed by atoms with Gasteiger partial charge in [0.15, 0.2) is 10.2 Å². The summed E-state index contributed by atoms with van der Waals surface area (Å²) in [4.78, 5) is 3.93. The Bertz CT molecular complexity index is 528. The minimum Gasteiger partial charge on any atom is -0.301 e. The number of aromatic nitrogens is 2. The Balaban J connectivity index is 2.86. The molecule has 1 N–H and O–H groups in total.